The minimum Gasteiger partial charge on any atom is -0.487 e. The van der Waals surface area contributed by atoms with Gasteiger partial charge in [0.05, 0.1) is 25.2 Å². The summed E-state index contributed by atoms with van der Waals surface area (Å²) in [5, 5.41) is 0.620. The van der Waals surface area contributed by atoms with Crippen LogP contribution in [0.2, 0.25) is 0 Å². The number of rotatable bonds is 6. The van der Waals surface area contributed by atoms with Crippen molar-refractivity contribution in [2.45, 2.75) is 27.4 Å². The molecule has 4 aromatic rings. The summed E-state index contributed by atoms with van der Waals surface area (Å²) in [7, 11) is 0. The first-order chi connectivity index (χ1) is 18.8. The predicted molar refractivity (Wildman–Crippen MR) is 170 cm³/mol. The van der Waals surface area contributed by atoms with E-state index in [1.54, 1.807) is 4.90 Å². The number of halogens is 2. The molecular weight excluding hydrogens is 636 g/mol. The third kappa shape index (κ3) is 6.55. The van der Waals surface area contributed by atoms with Crippen molar-refractivity contribution in [3.8, 4) is 5.75 Å². The van der Waals surface area contributed by atoms with Crippen LogP contribution < -0.4 is 9.64 Å². The number of aliphatic imine (C=N–C) groups is 1. The number of ether oxygens (including phenoxy) is 1. The summed E-state index contributed by atoms with van der Waals surface area (Å²) in [6.45, 7) is 6.59. The highest BCUT2D eigenvalue weighted by Crippen LogP contribution is 2.40. The van der Waals surface area contributed by atoms with Crippen LogP contribution >= 0.6 is 43.6 Å². The van der Waals surface area contributed by atoms with Crippen molar-refractivity contribution in [1.82, 2.24) is 0 Å². The molecule has 7 heteroatoms. The minimum absolute atomic E-state index is 0.110. The molecule has 1 amide bonds. The van der Waals surface area contributed by atoms with Crippen LogP contribution in [0, 0.1) is 20.8 Å². The van der Waals surface area contributed by atoms with E-state index < -0.39 is 0 Å². The minimum atomic E-state index is -0.110. The van der Waals surface area contributed by atoms with E-state index >= 15 is 0 Å². The number of hydrogen-bond donors (Lipinski definition) is 0. The number of carbonyl (C=O) groups is 1. The van der Waals surface area contributed by atoms with Crippen molar-refractivity contribution in [3.63, 3.8) is 0 Å². The number of benzene rings is 4. The molecule has 0 saturated carbocycles. The van der Waals surface area contributed by atoms with E-state index in [1.165, 1.54) is 17.3 Å². The molecule has 4 nitrogen and oxygen atoms in total. The third-order valence-electron chi connectivity index (χ3n) is 6.18. The van der Waals surface area contributed by atoms with Gasteiger partial charge in [0.25, 0.3) is 5.91 Å². The van der Waals surface area contributed by atoms with Crippen LogP contribution in [0.1, 0.15) is 27.8 Å². The summed E-state index contributed by atoms with van der Waals surface area (Å²) in [5.74, 6) is 0.604. The van der Waals surface area contributed by atoms with Gasteiger partial charge in [0.1, 0.15) is 12.4 Å². The highest BCUT2D eigenvalue weighted by Gasteiger charge is 2.34. The number of amides is 1. The lowest BCUT2D eigenvalue weighted by Crippen LogP contribution is -2.28. The zero-order chi connectivity index (χ0) is 27.5. The van der Waals surface area contributed by atoms with Crippen molar-refractivity contribution >= 4 is 72.1 Å². The van der Waals surface area contributed by atoms with Crippen molar-refractivity contribution < 1.29 is 9.53 Å². The van der Waals surface area contributed by atoms with Crippen LogP contribution in [0.4, 0.5) is 11.4 Å². The number of hydrogen-bond acceptors (Lipinski definition) is 4. The summed E-state index contributed by atoms with van der Waals surface area (Å²) >= 11 is 8.68. The molecule has 1 heterocycles. The maximum Gasteiger partial charge on any atom is 0.271 e. The number of thioether (sulfide) groups is 1. The number of amidine groups is 1. The maximum atomic E-state index is 13.7. The van der Waals surface area contributed by atoms with Gasteiger partial charge in [-0.15, -0.1) is 0 Å². The van der Waals surface area contributed by atoms with Gasteiger partial charge in [-0.3, -0.25) is 9.69 Å². The fraction of sp³-hybridized carbons (Fsp3) is 0.125. The third-order valence-corrected chi connectivity index (χ3v) is 8.33. The highest BCUT2D eigenvalue weighted by molar-refractivity contribution is 9.11. The predicted octanol–water partition coefficient (Wildman–Crippen LogP) is 9.52. The second kappa shape index (κ2) is 11.9. The van der Waals surface area contributed by atoms with E-state index in [0.29, 0.717) is 22.4 Å². The average molecular weight is 662 g/mol. The van der Waals surface area contributed by atoms with Gasteiger partial charge in [0.2, 0.25) is 0 Å². The fourth-order valence-electron chi connectivity index (χ4n) is 3.99. The standard InChI is InChI=1S/C32H26Br2N2O2S/c1-20-4-10-23(11-5-20)19-38-30-27(33)16-24(17-28(30)34)18-29-31(37)36(26-14-8-22(3)9-15-26)32(39-29)35-25-12-6-21(2)7-13-25/h4-18H,19H2,1-3H3/b29-18-,35-32?. The first kappa shape index (κ1) is 27.4. The monoisotopic (exact) mass is 660 g/mol. The molecule has 0 spiro atoms. The Kier molecular flexibility index (Phi) is 8.40. The van der Waals surface area contributed by atoms with Crippen LogP contribution in [0.5, 0.6) is 5.75 Å². The van der Waals surface area contributed by atoms with Crippen LogP contribution in [0.25, 0.3) is 6.08 Å². The number of carbonyl (C=O) groups excluding carboxylic acids is 1. The molecule has 1 fully saturated rings. The zero-order valence-electron chi connectivity index (χ0n) is 21.7. The molecule has 39 heavy (non-hydrogen) atoms. The lowest BCUT2D eigenvalue weighted by molar-refractivity contribution is -0.113. The molecule has 0 bridgehead atoms. The van der Waals surface area contributed by atoms with Crippen LogP contribution in [0.15, 0.2) is 104 Å². The van der Waals surface area contributed by atoms with Gasteiger partial charge in [-0.2, -0.15) is 0 Å². The van der Waals surface area contributed by atoms with E-state index in [0.717, 1.165) is 42.6 Å². The quantitative estimate of drug-likeness (QED) is 0.193. The maximum absolute atomic E-state index is 13.7. The first-order valence-corrected chi connectivity index (χ1v) is 14.8. The summed E-state index contributed by atoms with van der Waals surface area (Å²) in [6, 6.07) is 28.1. The Morgan fingerprint density at radius 2 is 1.36 bits per heavy atom. The molecule has 4 aromatic carbocycles. The Balaban J connectivity index is 1.44. The molecular formula is C32H26Br2N2O2S. The summed E-state index contributed by atoms with van der Waals surface area (Å²) in [6.07, 6.45) is 1.89. The molecule has 0 unspecified atom stereocenters. The van der Waals surface area contributed by atoms with Crippen molar-refractivity contribution in [2.75, 3.05) is 4.90 Å². The number of aryl methyl sites for hydroxylation is 3. The highest BCUT2D eigenvalue weighted by atomic mass is 79.9. The molecule has 1 aliphatic heterocycles. The SMILES string of the molecule is Cc1ccc(COc2c(Br)cc(/C=C3\SC(=Nc4ccc(C)cc4)N(c4ccc(C)cc4)C3=O)cc2Br)cc1. The molecule has 0 N–H and O–H groups in total. The van der Waals surface area contributed by atoms with E-state index in [2.05, 4.69) is 63.0 Å². The molecule has 0 radical (unpaired) electrons. The van der Waals surface area contributed by atoms with Crippen LogP contribution in [-0.2, 0) is 11.4 Å². The molecule has 0 atom stereocenters. The smallest absolute Gasteiger partial charge is 0.271 e. The Labute approximate surface area is 250 Å². The molecule has 1 aliphatic rings. The van der Waals surface area contributed by atoms with Gasteiger partial charge < -0.3 is 4.74 Å². The fourth-order valence-corrected chi connectivity index (χ4v) is 6.44. The van der Waals surface area contributed by atoms with Gasteiger partial charge in [0, 0.05) is 0 Å². The summed E-state index contributed by atoms with van der Waals surface area (Å²) < 4.78 is 7.70. The van der Waals surface area contributed by atoms with Crippen molar-refractivity contribution in [2.24, 2.45) is 4.99 Å². The molecule has 1 saturated heterocycles. The van der Waals surface area contributed by atoms with E-state index in [1.807, 2.05) is 80.6 Å². The zero-order valence-corrected chi connectivity index (χ0v) is 25.7. The Morgan fingerprint density at radius 1 is 0.821 bits per heavy atom. The topological polar surface area (TPSA) is 41.9 Å². The largest absolute Gasteiger partial charge is 0.487 e. The normalized spacial score (nSPS) is 15.4. The Morgan fingerprint density at radius 3 is 1.95 bits per heavy atom. The summed E-state index contributed by atoms with van der Waals surface area (Å²) in [4.78, 5) is 20.8. The average Bonchev–Trinajstić information content (AvgIpc) is 3.20. The molecule has 0 aliphatic carbocycles. The van der Waals surface area contributed by atoms with E-state index in [4.69, 9.17) is 9.73 Å². The first-order valence-electron chi connectivity index (χ1n) is 12.4. The van der Waals surface area contributed by atoms with Gasteiger partial charge in [-0.05, 0) is 118 Å². The van der Waals surface area contributed by atoms with Crippen molar-refractivity contribution in [3.05, 3.63) is 127 Å². The van der Waals surface area contributed by atoms with Crippen LogP contribution in [0.3, 0.4) is 0 Å². The second-order valence-electron chi connectivity index (χ2n) is 9.40. The number of anilines is 1. The van der Waals surface area contributed by atoms with E-state index in [-0.39, 0.29) is 5.91 Å². The summed E-state index contributed by atoms with van der Waals surface area (Å²) in [5.41, 5.74) is 7.05. The van der Waals surface area contributed by atoms with Gasteiger partial charge in [0.15, 0.2) is 5.17 Å². The van der Waals surface area contributed by atoms with Gasteiger partial charge >= 0.3 is 0 Å². The molecule has 5 rings (SSSR count). The van der Waals surface area contributed by atoms with Crippen molar-refractivity contribution in [1.29, 1.82) is 0 Å². The lowest BCUT2D eigenvalue weighted by Gasteiger charge is -2.16. The van der Waals surface area contributed by atoms with E-state index in [9.17, 15) is 4.79 Å². The molecule has 196 valence electrons. The second-order valence-corrected chi connectivity index (χ2v) is 12.1. The molecule has 0 aromatic heterocycles. The van der Waals surface area contributed by atoms with Gasteiger partial charge in [-0.1, -0.05) is 65.2 Å². The Hall–Kier alpha value is -3.13. The van der Waals surface area contributed by atoms with Crippen LogP contribution in [-0.4, -0.2) is 11.1 Å². The van der Waals surface area contributed by atoms with Gasteiger partial charge in [-0.25, -0.2) is 4.99 Å². The lowest BCUT2D eigenvalue weighted by atomic mass is 10.1. The number of nitrogens with zero attached hydrogens (tertiary/aromatic N) is 2. The Bertz CT molecular complexity index is 1560.